The topological polar surface area (TPSA) is 44.4 Å². The van der Waals surface area contributed by atoms with Gasteiger partial charge in [0.2, 0.25) is 5.91 Å². The molecule has 1 saturated heterocycles. The summed E-state index contributed by atoms with van der Waals surface area (Å²) in [5, 5.41) is 6.16. The summed E-state index contributed by atoms with van der Waals surface area (Å²) in [6, 6.07) is 13.5. The zero-order valence-corrected chi connectivity index (χ0v) is 15.9. The Balaban J connectivity index is 1.61. The SMILES string of the molecule is CCNc1cc(F)cc2c1NC(=O)C2(C)N1CCC(c2ccccc2)CC1. The van der Waals surface area contributed by atoms with Crippen LogP contribution in [0.25, 0.3) is 0 Å². The van der Waals surface area contributed by atoms with E-state index in [4.69, 9.17) is 0 Å². The highest BCUT2D eigenvalue weighted by molar-refractivity contribution is 6.08. The second-order valence-electron chi connectivity index (χ2n) is 7.60. The van der Waals surface area contributed by atoms with Crippen LogP contribution >= 0.6 is 0 Å². The summed E-state index contributed by atoms with van der Waals surface area (Å²) in [5.41, 5.74) is 2.64. The Morgan fingerprint density at radius 1 is 1.22 bits per heavy atom. The monoisotopic (exact) mass is 367 g/mol. The molecule has 0 saturated carbocycles. The van der Waals surface area contributed by atoms with Crippen LogP contribution in [0.1, 0.15) is 43.7 Å². The van der Waals surface area contributed by atoms with Gasteiger partial charge in [0.1, 0.15) is 11.4 Å². The van der Waals surface area contributed by atoms with Gasteiger partial charge in [0.25, 0.3) is 0 Å². The third kappa shape index (κ3) is 3.00. The van der Waals surface area contributed by atoms with E-state index in [0.29, 0.717) is 18.2 Å². The summed E-state index contributed by atoms with van der Waals surface area (Å²) in [4.78, 5) is 15.2. The van der Waals surface area contributed by atoms with E-state index in [9.17, 15) is 9.18 Å². The fraction of sp³-hybridized carbons (Fsp3) is 0.409. The van der Waals surface area contributed by atoms with Gasteiger partial charge in [-0.25, -0.2) is 4.39 Å². The number of piperidine rings is 1. The number of likely N-dealkylation sites (tertiary alicyclic amines) is 1. The van der Waals surface area contributed by atoms with Crippen molar-refractivity contribution in [3.63, 3.8) is 0 Å². The van der Waals surface area contributed by atoms with Crippen molar-refractivity contribution in [1.29, 1.82) is 0 Å². The van der Waals surface area contributed by atoms with Gasteiger partial charge in [0, 0.05) is 25.2 Å². The summed E-state index contributed by atoms with van der Waals surface area (Å²) >= 11 is 0. The lowest BCUT2D eigenvalue weighted by atomic mass is 9.84. The maximum atomic E-state index is 14.3. The Kier molecular flexibility index (Phi) is 4.64. The van der Waals surface area contributed by atoms with Crippen molar-refractivity contribution >= 4 is 17.3 Å². The van der Waals surface area contributed by atoms with Crippen LogP contribution in [-0.2, 0) is 10.3 Å². The van der Waals surface area contributed by atoms with Crippen molar-refractivity contribution in [3.8, 4) is 0 Å². The van der Waals surface area contributed by atoms with Crippen molar-refractivity contribution in [2.75, 3.05) is 30.3 Å². The van der Waals surface area contributed by atoms with Gasteiger partial charge in [-0.15, -0.1) is 0 Å². The van der Waals surface area contributed by atoms with E-state index in [1.54, 1.807) is 0 Å². The second kappa shape index (κ2) is 6.97. The molecule has 4 rings (SSSR count). The Hall–Kier alpha value is -2.40. The zero-order chi connectivity index (χ0) is 19.0. The number of hydrogen-bond acceptors (Lipinski definition) is 3. The molecule has 0 aromatic heterocycles. The van der Waals surface area contributed by atoms with Crippen LogP contribution in [0.4, 0.5) is 15.8 Å². The van der Waals surface area contributed by atoms with Gasteiger partial charge in [-0.2, -0.15) is 0 Å². The van der Waals surface area contributed by atoms with Crippen LogP contribution in [0.15, 0.2) is 42.5 Å². The molecule has 1 atom stereocenters. The van der Waals surface area contributed by atoms with Crippen molar-refractivity contribution in [1.82, 2.24) is 4.90 Å². The number of halogens is 1. The van der Waals surface area contributed by atoms with Crippen LogP contribution in [-0.4, -0.2) is 30.4 Å². The number of fused-ring (bicyclic) bond motifs is 1. The minimum absolute atomic E-state index is 0.0691. The van der Waals surface area contributed by atoms with Crippen molar-refractivity contribution < 1.29 is 9.18 Å². The van der Waals surface area contributed by atoms with Gasteiger partial charge in [-0.1, -0.05) is 30.3 Å². The Labute approximate surface area is 159 Å². The van der Waals surface area contributed by atoms with Crippen LogP contribution in [0.5, 0.6) is 0 Å². The van der Waals surface area contributed by atoms with E-state index in [-0.39, 0.29) is 11.7 Å². The maximum Gasteiger partial charge on any atom is 0.249 e. The molecule has 27 heavy (non-hydrogen) atoms. The number of amides is 1. The second-order valence-corrected chi connectivity index (χ2v) is 7.60. The molecule has 0 aliphatic carbocycles. The molecule has 2 aromatic rings. The Morgan fingerprint density at radius 3 is 2.59 bits per heavy atom. The average Bonchev–Trinajstić information content (AvgIpc) is 2.95. The summed E-state index contributed by atoms with van der Waals surface area (Å²) in [7, 11) is 0. The highest BCUT2D eigenvalue weighted by atomic mass is 19.1. The van der Waals surface area contributed by atoms with E-state index in [0.717, 1.165) is 37.2 Å². The predicted octanol–water partition coefficient (Wildman–Crippen LogP) is 4.30. The van der Waals surface area contributed by atoms with Crippen LogP contribution in [0, 0.1) is 5.82 Å². The fourth-order valence-electron chi connectivity index (χ4n) is 4.51. The van der Waals surface area contributed by atoms with Gasteiger partial charge < -0.3 is 10.6 Å². The number of carbonyl (C=O) groups is 1. The maximum absolute atomic E-state index is 14.3. The lowest BCUT2D eigenvalue weighted by Gasteiger charge is -2.41. The third-order valence-electron chi connectivity index (χ3n) is 6.07. The first kappa shape index (κ1) is 18.0. The molecule has 0 radical (unpaired) electrons. The molecule has 2 aliphatic heterocycles. The average molecular weight is 367 g/mol. The van der Waals surface area contributed by atoms with Gasteiger partial charge in [0.15, 0.2) is 0 Å². The minimum Gasteiger partial charge on any atom is -0.384 e. The highest BCUT2D eigenvalue weighted by Gasteiger charge is 2.49. The Bertz CT molecular complexity index is 846. The van der Waals surface area contributed by atoms with E-state index in [1.165, 1.54) is 17.7 Å². The molecule has 142 valence electrons. The van der Waals surface area contributed by atoms with E-state index in [2.05, 4.69) is 39.8 Å². The number of rotatable bonds is 4. The third-order valence-corrected chi connectivity index (χ3v) is 6.07. The standard InChI is InChI=1S/C22H26FN3O/c1-3-24-19-14-17(23)13-18-20(19)25-21(27)22(18,2)26-11-9-16(10-12-26)15-7-5-4-6-8-15/h4-8,13-14,16,24H,3,9-12H2,1-2H3,(H,25,27). The molecular weight excluding hydrogens is 341 g/mol. The molecule has 1 amide bonds. The molecule has 2 N–H and O–H groups in total. The van der Waals surface area contributed by atoms with Crippen LogP contribution < -0.4 is 10.6 Å². The van der Waals surface area contributed by atoms with E-state index < -0.39 is 5.54 Å². The first-order valence-corrected chi connectivity index (χ1v) is 9.73. The van der Waals surface area contributed by atoms with Crippen molar-refractivity contribution in [3.05, 3.63) is 59.4 Å². The molecule has 1 unspecified atom stereocenters. The number of anilines is 2. The van der Waals surface area contributed by atoms with Crippen LogP contribution in [0.3, 0.4) is 0 Å². The van der Waals surface area contributed by atoms with Gasteiger partial charge in [-0.05, 0) is 50.3 Å². The summed E-state index contributed by atoms with van der Waals surface area (Å²) in [5.74, 6) is 0.131. The lowest BCUT2D eigenvalue weighted by Crippen LogP contribution is -2.51. The van der Waals surface area contributed by atoms with Gasteiger partial charge >= 0.3 is 0 Å². The molecule has 4 nitrogen and oxygen atoms in total. The largest absolute Gasteiger partial charge is 0.384 e. The summed E-state index contributed by atoms with van der Waals surface area (Å²) < 4.78 is 14.3. The molecule has 0 spiro atoms. The number of carbonyl (C=O) groups excluding carboxylic acids is 1. The molecule has 2 aromatic carbocycles. The van der Waals surface area contributed by atoms with Crippen LogP contribution in [0.2, 0.25) is 0 Å². The number of hydrogen-bond donors (Lipinski definition) is 2. The minimum atomic E-state index is -0.830. The smallest absolute Gasteiger partial charge is 0.249 e. The predicted molar refractivity (Wildman–Crippen MR) is 107 cm³/mol. The first-order valence-electron chi connectivity index (χ1n) is 9.73. The Morgan fingerprint density at radius 2 is 1.93 bits per heavy atom. The molecule has 2 heterocycles. The molecule has 0 bridgehead atoms. The number of nitrogens with zero attached hydrogens (tertiary/aromatic N) is 1. The summed E-state index contributed by atoms with van der Waals surface area (Å²) in [6.07, 6.45) is 2.00. The summed E-state index contributed by atoms with van der Waals surface area (Å²) in [6.45, 7) is 6.19. The normalized spacial score (nSPS) is 23.1. The van der Waals surface area contributed by atoms with Gasteiger partial charge in [0.05, 0.1) is 11.4 Å². The molecule has 2 aliphatic rings. The highest BCUT2D eigenvalue weighted by Crippen LogP contribution is 2.46. The van der Waals surface area contributed by atoms with E-state index >= 15 is 0 Å². The molecule has 5 heteroatoms. The zero-order valence-electron chi connectivity index (χ0n) is 15.9. The number of benzene rings is 2. The number of nitrogens with one attached hydrogen (secondary N) is 2. The van der Waals surface area contributed by atoms with Crippen molar-refractivity contribution in [2.24, 2.45) is 0 Å². The fourth-order valence-corrected chi connectivity index (χ4v) is 4.51. The molecule has 1 fully saturated rings. The van der Waals surface area contributed by atoms with Gasteiger partial charge in [-0.3, -0.25) is 9.69 Å². The first-order chi connectivity index (χ1) is 13.0. The lowest BCUT2D eigenvalue weighted by molar-refractivity contribution is -0.127. The van der Waals surface area contributed by atoms with Crippen molar-refractivity contribution in [2.45, 2.75) is 38.1 Å². The van der Waals surface area contributed by atoms with E-state index in [1.807, 2.05) is 19.9 Å². The molecular formula is C22H26FN3O. The quantitative estimate of drug-likeness (QED) is 0.847.